The molecule has 1 N–H and O–H groups in total. The highest BCUT2D eigenvalue weighted by molar-refractivity contribution is 5.95. The number of aryl methyl sites for hydroxylation is 1. The molecule has 3 rings (SSSR count). The second kappa shape index (κ2) is 5.86. The predicted octanol–water partition coefficient (Wildman–Crippen LogP) is 3.31. The Labute approximate surface area is 121 Å². The van der Waals surface area contributed by atoms with Crippen LogP contribution in [0.2, 0.25) is 0 Å². The molecule has 0 saturated carbocycles. The summed E-state index contributed by atoms with van der Waals surface area (Å²) >= 11 is 0. The number of amides is 1. The second-order valence-corrected chi connectivity index (χ2v) is 6.23. The molecule has 1 fully saturated rings. The van der Waals surface area contributed by atoms with Crippen molar-refractivity contribution in [2.24, 2.45) is 5.92 Å². The summed E-state index contributed by atoms with van der Waals surface area (Å²) in [5, 5.41) is 3.40. The number of likely N-dealkylation sites (tertiary alicyclic amines) is 1. The zero-order valence-corrected chi connectivity index (χ0v) is 12.3. The van der Waals surface area contributed by atoms with E-state index in [0.717, 1.165) is 56.8 Å². The average Bonchev–Trinajstić information content (AvgIpc) is 2.71. The summed E-state index contributed by atoms with van der Waals surface area (Å²) in [6, 6.07) is 6.15. The monoisotopic (exact) mass is 272 g/mol. The Balaban J connectivity index is 1.76. The second-order valence-electron chi connectivity index (χ2n) is 6.23. The molecule has 0 radical (unpaired) electrons. The van der Waals surface area contributed by atoms with Crippen LogP contribution in [0.3, 0.4) is 0 Å². The highest BCUT2D eigenvalue weighted by atomic mass is 16.2. The van der Waals surface area contributed by atoms with E-state index in [4.69, 9.17) is 0 Å². The number of carbonyl (C=O) groups is 1. The molecule has 1 atom stereocenters. The zero-order chi connectivity index (χ0) is 13.9. The van der Waals surface area contributed by atoms with Crippen molar-refractivity contribution in [1.29, 1.82) is 0 Å². The molecule has 1 unspecified atom stereocenters. The highest BCUT2D eigenvalue weighted by Crippen LogP contribution is 2.24. The van der Waals surface area contributed by atoms with Gasteiger partial charge in [-0.05, 0) is 61.8 Å². The fourth-order valence-electron chi connectivity index (χ4n) is 3.26. The number of nitrogens with zero attached hydrogens (tertiary/aromatic N) is 1. The molecule has 0 spiro atoms. The molecule has 108 valence electrons. The van der Waals surface area contributed by atoms with Gasteiger partial charge < -0.3 is 10.2 Å². The summed E-state index contributed by atoms with van der Waals surface area (Å²) in [6.45, 7) is 5.16. The first kappa shape index (κ1) is 13.5. The number of anilines is 1. The van der Waals surface area contributed by atoms with Gasteiger partial charge in [-0.15, -0.1) is 0 Å². The molecule has 3 nitrogen and oxygen atoms in total. The van der Waals surface area contributed by atoms with E-state index in [1.165, 1.54) is 17.7 Å². The molecule has 1 amide bonds. The topological polar surface area (TPSA) is 32.3 Å². The van der Waals surface area contributed by atoms with E-state index in [1.807, 2.05) is 11.0 Å². The minimum atomic E-state index is 0.215. The number of rotatable bonds is 1. The molecular weight excluding hydrogens is 248 g/mol. The van der Waals surface area contributed by atoms with Crippen LogP contribution in [0.25, 0.3) is 0 Å². The molecule has 1 aromatic carbocycles. The Morgan fingerprint density at radius 1 is 1.25 bits per heavy atom. The molecule has 3 heteroatoms. The van der Waals surface area contributed by atoms with E-state index < -0.39 is 0 Å². The van der Waals surface area contributed by atoms with E-state index in [0.29, 0.717) is 0 Å². The van der Waals surface area contributed by atoms with Gasteiger partial charge in [0.05, 0.1) is 0 Å². The van der Waals surface area contributed by atoms with Gasteiger partial charge >= 0.3 is 0 Å². The number of fused-ring (bicyclic) bond motifs is 1. The third-order valence-corrected chi connectivity index (χ3v) is 4.59. The van der Waals surface area contributed by atoms with Crippen LogP contribution in [0, 0.1) is 5.92 Å². The van der Waals surface area contributed by atoms with Crippen molar-refractivity contribution in [2.75, 3.05) is 25.0 Å². The van der Waals surface area contributed by atoms with Crippen LogP contribution < -0.4 is 5.32 Å². The maximum absolute atomic E-state index is 12.7. The van der Waals surface area contributed by atoms with Crippen LogP contribution in [0.1, 0.15) is 48.5 Å². The number of hydrogen-bond acceptors (Lipinski definition) is 2. The number of benzene rings is 1. The highest BCUT2D eigenvalue weighted by Gasteiger charge is 2.20. The summed E-state index contributed by atoms with van der Waals surface area (Å²) in [5.41, 5.74) is 3.37. The number of carbonyl (C=O) groups excluding carboxylic acids is 1. The lowest BCUT2D eigenvalue weighted by molar-refractivity contribution is 0.0760. The maximum atomic E-state index is 12.7. The van der Waals surface area contributed by atoms with Gasteiger partial charge in [0.25, 0.3) is 5.91 Å². The van der Waals surface area contributed by atoms with E-state index in [1.54, 1.807) is 0 Å². The van der Waals surface area contributed by atoms with Crippen LogP contribution in [0.4, 0.5) is 5.69 Å². The van der Waals surface area contributed by atoms with Crippen LogP contribution in [0.15, 0.2) is 18.2 Å². The zero-order valence-electron chi connectivity index (χ0n) is 12.3. The minimum absolute atomic E-state index is 0.215. The van der Waals surface area contributed by atoms with Crippen molar-refractivity contribution >= 4 is 11.6 Å². The van der Waals surface area contributed by atoms with Gasteiger partial charge in [0.1, 0.15) is 0 Å². The third kappa shape index (κ3) is 2.82. The molecule has 0 aromatic heterocycles. The summed E-state index contributed by atoms with van der Waals surface area (Å²) in [4.78, 5) is 14.7. The van der Waals surface area contributed by atoms with Crippen molar-refractivity contribution in [3.8, 4) is 0 Å². The van der Waals surface area contributed by atoms with Gasteiger partial charge in [0.2, 0.25) is 0 Å². The van der Waals surface area contributed by atoms with Crippen molar-refractivity contribution in [1.82, 2.24) is 4.90 Å². The fraction of sp³-hybridized carbons (Fsp3) is 0.588. The molecule has 20 heavy (non-hydrogen) atoms. The standard InChI is InChI=1S/C17H24N2O/c1-13-4-3-10-19(11-8-13)17(20)15-6-7-16-14(12-15)5-2-9-18-16/h6-7,12-13,18H,2-5,8-11H2,1H3. The van der Waals surface area contributed by atoms with Crippen molar-refractivity contribution in [3.05, 3.63) is 29.3 Å². The summed E-state index contributed by atoms with van der Waals surface area (Å²) in [7, 11) is 0. The number of hydrogen-bond donors (Lipinski definition) is 1. The first-order valence-corrected chi connectivity index (χ1v) is 7.90. The van der Waals surface area contributed by atoms with Crippen LogP contribution in [0.5, 0.6) is 0 Å². The summed E-state index contributed by atoms with van der Waals surface area (Å²) in [5.74, 6) is 0.966. The molecule has 0 bridgehead atoms. The first-order valence-electron chi connectivity index (χ1n) is 7.90. The van der Waals surface area contributed by atoms with Gasteiger partial charge in [-0.25, -0.2) is 0 Å². The van der Waals surface area contributed by atoms with Crippen molar-refractivity contribution in [3.63, 3.8) is 0 Å². The molecule has 2 heterocycles. The summed E-state index contributed by atoms with van der Waals surface area (Å²) in [6.07, 6.45) is 5.77. The first-order chi connectivity index (χ1) is 9.74. The molecule has 1 saturated heterocycles. The van der Waals surface area contributed by atoms with Crippen molar-refractivity contribution in [2.45, 2.75) is 39.0 Å². The Hall–Kier alpha value is -1.51. The van der Waals surface area contributed by atoms with Crippen LogP contribution in [-0.2, 0) is 6.42 Å². The molecule has 2 aliphatic heterocycles. The van der Waals surface area contributed by atoms with E-state index in [9.17, 15) is 4.79 Å². The smallest absolute Gasteiger partial charge is 0.253 e. The van der Waals surface area contributed by atoms with E-state index in [2.05, 4.69) is 24.4 Å². The fourth-order valence-corrected chi connectivity index (χ4v) is 3.26. The van der Waals surface area contributed by atoms with E-state index in [-0.39, 0.29) is 5.91 Å². The lowest BCUT2D eigenvalue weighted by Gasteiger charge is -2.23. The predicted molar refractivity (Wildman–Crippen MR) is 82.2 cm³/mol. The molecule has 2 aliphatic rings. The minimum Gasteiger partial charge on any atom is -0.385 e. The average molecular weight is 272 g/mol. The van der Waals surface area contributed by atoms with Gasteiger partial charge in [0, 0.05) is 30.9 Å². The SMILES string of the molecule is CC1CCCN(C(=O)c2ccc3c(c2)CCCN3)CC1. The Kier molecular flexibility index (Phi) is 3.95. The van der Waals surface area contributed by atoms with Gasteiger partial charge in [-0.1, -0.05) is 6.92 Å². The van der Waals surface area contributed by atoms with Crippen LogP contribution in [-0.4, -0.2) is 30.4 Å². The van der Waals surface area contributed by atoms with E-state index >= 15 is 0 Å². The largest absolute Gasteiger partial charge is 0.385 e. The lowest BCUT2D eigenvalue weighted by Crippen LogP contribution is -2.32. The molecule has 0 aliphatic carbocycles. The normalized spacial score (nSPS) is 22.6. The van der Waals surface area contributed by atoms with Gasteiger partial charge in [-0.3, -0.25) is 4.79 Å². The quantitative estimate of drug-likeness (QED) is 0.850. The molecule has 1 aromatic rings. The van der Waals surface area contributed by atoms with Crippen LogP contribution >= 0.6 is 0 Å². The lowest BCUT2D eigenvalue weighted by atomic mass is 10.0. The summed E-state index contributed by atoms with van der Waals surface area (Å²) < 4.78 is 0. The Morgan fingerprint density at radius 3 is 3.05 bits per heavy atom. The Bertz CT molecular complexity index is 498. The van der Waals surface area contributed by atoms with Gasteiger partial charge in [0.15, 0.2) is 0 Å². The third-order valence-electron chi connectivity index (χ3n) is 4.59. The number of nitrogens with one attached hydrogen (secondary N) is 1. The van der Waals surface area contributed by atoms with Gasteiger partial charge in [-0.2, -0.15) is 0 Å². The Morgan fingerprint density at radius 2 is 2.15 bits per heavy atom. The van der Waals surface area contributed by atoms with Crippen molar-refractivity contribution < 1.29 is 4.79 Å². The maximum Gasteiger partial charge on any atom is 0.253 e. The molecular formula is C17H24N2O.